The van der Waals surface area contributed by atoms with Crippen LogP contribution in [0.3, 0.4) is 0 Å². The number of ether oxygens (including phenoxy) is 1. The summed E-state index contributed by atoms with van der Waals surface area (Å²) in [4.78, 5) is 4.10. The average molecular weight is 279 g/mol. The van der Waals surface area contributed by atoms with Crippen molar-refractivity contribution in [2.75, 3.05) is 12.4 Å². The van der Waals surface area contributed by atoms with Crippen LogP contribution in [0.1, 0.15) is 5.56 Å². The largest absolute Gasteiger partial charge is 0.496 e. The van der Waals surface area contributed by atoms with E-state index in [9.17, 15) is 0 Å². The van der Waals surface area contributed by atoms with Crippen LogP contribution in [0.5, 0.6) is 5.75 Å². The van der Waals surface area contributed by atoms with Gasteiger partial charge in [0.2, 0.25) is 0 Å². The van der Waals surface area contributed by atoms with E-state index in [4.69, 9.17) is 4.74 Å². The minimum absolute atomic E-state index is 0.704. The lowest BCUT2D eigenvalue weighted by atomic mass is 10.2. The topological polar surface area (TPSA) is 39.1 Å². The standard InChI is InChI=1S/C17H17N3O/c1-21-17-9-5-2-6-14(17)12-19-15-7-3-4-8-16(15)20-11-10-18-13-20/h2-11,13,19H,12H2,1H3. The van der Waals surface area contributed by atoms with Gasteiger partial charge in [0.15, 0.2) is 0 Å². The first kappa shape index (κ1) is 13.2. The lowest BCUT2D eigenvalue weighted by Gasteiger charge is -2.14. The number of rotatable bonds is 5. The first-order valence-electron chi connectivity index (χ1n) is 6.81. The molecule has 2 aromatic carbocycles. The molecule has 0 unspecified atom stereocenters. The van der Waals surface area contributed by atoms with Crippen molar-refractivity contribution in [1.29, 1.82) is 0 Å². The third kappa shape index (κ3) is 2.89. The van der Waals surface area contributed by atoms with Gasteiger partial charge in [-0.05, 0) is 18.2 Å². The van der Waals surface area contributed by atoms with Gasteiger partial charge in [-0.15, -0.1) is 0 Å². The van der Waals surface area contributed by atoms with Gasteiger partial charge in [0.1, 0.15) is 5.75 Å². The molecule has 0 aliphatic carbocycles. The second-order valence-corrected chi connectivity index (χ2v) is 4.65. The molecule has 0 amide bonds. The van der Waals surface area contributed by atoms with Crippen molar-refractivity contribution in [1.82, 2.24) is 9.55 Å². The van der Waals surface area contributed by atoms with E-state index in [-0.39, 0.29) is 0 Å². The van der Waals surface area contributed by atoms with Gasteiger partial charge in [-0.2, -0.15) is 0 Å². The monoisotopic (exact) mass is 279 g/mol. The lowest BCUT2D eigenvalue weighted by Crippen LogP contribution is -2.04. The highest BCUT2D eigenvalue weighted by Crippen LogP contribution is 2.23. The highest BCUT2D eigenvalue weighted by atomic mass is 16.5. The van der Waals surface area contributed by atoms with E-state index in [0.717, 1.165) is 22.7 Å². The van der Waals surface area contributed by atoms with Gasteiger partial charge in [0.25, 0.3) is 0 Å². The second-order valence-electron chi connectivity index (χ2n) is 4.65. The summed E-state index contributed by atoms with van der Waals surface area (Å²) in [7, 11) is 1.69. The van der Waals surface area contributed by atoms with Crippen LogP contribution in [0.2, 0.25) is 0 Å². The van der Waals surface area contributed by atoms with Crippen LogP contribution >= 0.6 is 0 Å². The molecule has 0 aliphatic heterocycles. The quantitative estimate of drug-likeness (QED) is 0.777. The first-order valence-corrected chi connectivity index (χ1v) is 6.81. The predicted molar refractivity (Wildman–Crippen MR) is 83.9 cm³/mol. The van der Waals surface area contributed by atoms with Crippen LogP contribution in [-0.4, -0.2) is 16.7 Å². The first-order chi connectivity index (χ1) is 10.4. The average Bonchev–Trinajstić information content (AvgIpc) is 3.08. The van der Waals surface area contributed by atoms with Crippen LogP contribution in [0.15, 0.2) is 67.3 Å². The Labute approximate surface area is 124 Å². The fourth-order valence-electron chi connectivity index (χ4n) is 2.29. The molecular weight excluding hydrogens is 262 g/mol. The van der Waals surface area contributed by atoms with Gasteiger partial charge in [0, 0.05) is 24.5 Å². The molecule has 0 saturated carbocycles. The maximum atomic E-state index is 5.38. The summed E-state index contributed by atoms with van der Waals surface area (Å²) in [6.45, 7) is 0.704. The van der Waals surface area contributed by atoms with Gasteiger partial charge >= 0.3 is 0 Å². The molecule has 4 nitrogen and oxygen atoms in total. The van der Waals surface area contributed by atoms with Crippen LogP contribution < -0.4 is 10.1 Å². The van der Waals surface area contributed by atoms with Crippen LogP contribution in [0, 0.1) is 0 Å². The number of hydrogen-bond donors (Lipinski definition) is 1. The van der Waals surface area contributed by atoms with Crippen LogP contribution in [0.4, 0.5) is 5.69 Å². The zero-order valence-electron chi connectivity index (χ0n) is 11.9. The van der Waals surface area contributed by atoms with Gasteiger partial charge < -0.3 is 14.6 Å². The molecule has 0 fully saturated rings. The van der Waals surface area contributed by atoms with E-state index >= 15 is 0 Å². The Morgan fingerprint density at radius 2 is 1.90 bits per heavy atom. The number of para-hydroxylation sites is 3. The summed E-state index contributed by atoms with van der Waals surface area (Å²) in [5.74, 6) is 0.894. The minimum Gasteiger partial charge on any atom is -0.496 e. The van der Waals surface area contributed by atoms with E-state index < -0.39 is 0 Å². The normalized spacial score (nSPS) is 10.3. The van der Waals surface area contributed by atoms with Crippen molar-refractivity contribution in [3.8, 4) is 11.4 Å². The van der Waals surface area contributed by atoms with E-state index in [0.29, 0.717) is 6.54 Å². The molecule has 1 heterocycles. The third-order valence-electron chi connectivity index (χ3n) is 3.35. The number of nitrogens with one attached hydrogen (secondary N) is 1. The summed E-state index contributed by atoms with van der Waals surface area (Å²) >= 11 is 0. The van der Waals surface area contributed by atoms with Crippen LogP contribution in [-0.2, 0) is 6.54 Å². The number of methoxy groups -OCH3 is 1. The molecule has 0 aliphatic rings. The number of imidazole rings is 1. The van der Waals surface area contributed by atoms with Crippen molar-refractivity contribution in [2.45, 2.75) is 6.54 Å². The fraction of sp³-hybridized carbons (Fsp3) is 0.118. The number of aromatic nitrogens is 2. The molecule has 0 bridgehead atoms. The molecular formula is C17H17N3O. The molecule has 0 radical (unpaired) electrons. The maximum absolute atomic E-state index is 5.38. The number of anilines is 1. The summed E-state index contributed by atoms with van der Waals surface area (Å²) in [5.41, 5.74) is 3.26. The van der Waals surface area contributed by atoms with Crippen LogP contribution in [0.25, 0.3) is 5.69 Å². The molecule has 4 heteroatoms. The molecule has 0 atom stereocenters. The Balaban J connectivity index is 1.83. The Hall–Kier alpha value is -2.75. The highest BCUT2D eigenvalue weighted by Gasteiger charge is 2.05. The summed E-state index contributed by atoms with van der Waals surface area (Å²) in [5, 5.41) is 3.46. The molecule has 0 spiro atoms. The van der Waals surface area contributed by atoms with E-state index in [2.05, 4.69) is 28.5 Å². The van der Waals surface area contributed by atoms with Gasteiger partial charge in [0.05, 0.1) is 24.8 Å². The summed E-state index contributed by atoms with van der Waals surface area (Å²) in [6.07, 6.45) is 5.50. The SMILES string of the molecule is COc1ccccc1CNc1ccccc1-n1ccnc1. The summed E-state index contributed by atoms with van der Waals surface area (Å²) < 4.78 is 7.37. The fourth-order valence-corrected chi connectivity index (χ4v) is 2.29. The maximum Gasteiger partial charge on any atom is 0.123 e. The Bertz CT molecular complexity index is 708. The van der Waals surface area contributed by atoms with E-state index in [1.165, 1.54) is 0 Å². The zero-order valence-corrected chi connectivity index (χ0v) is 11.9. The van der Waals surface area contributed by atoms with Crippen molar-refractivity contribution in [2.24, 2.45) is 0 Å². The van der Waals surface area contributed by atoms with Crippen molar-refractivity contribution in [3.63, 3.8) is 0 Å². The van der Waals surface area contributed by atoms with Crippen molar-refractivity contribution < 1.29 is 4.74 Å². The molecule has 3 rings (SSSR count). The summed E-state index contributed by atoms with van der Waals surface area (Å²) in [6, 6.07) is 16.2. The third-order valence-corrected chi connectivity index (χ3v) is 3.35. The Morgan fingerprint density at radius 1 is 1.10 bits per heavy atom. The van der Waals surface area contributed by atoms with E-state index in [1.54, 1.807) is 19.6 Å². The Morgan fingerprint density at radius 3 is 2.71 bits per heavy atom. The van der Waals surface area contributed by atoms with Crippen molar-refractivity contribution >= 4 is 5.69 Å². The van der Waals surface area contributed by atoms with E-state index in [1.807, 2.05) is 41.1 Å². The molecule has 1 N–H and O–H groups in total. The number of nitrogens with zero attached hydrogens (tertiary/aromatic N) is 2. The second kappa shape index (κ2) is 6.13. The zero-order chi connectivity index (χ0) is 14.5. The number of hydrogen-bond acceptors (Lipinski definition) is 3. The van der Waals surface area contributed by atoms with Gasteiger partial charge in [-0.3, -0.25) is 0 Å². The molecule has 106 valence electrons. The molecule has 1 aromatic heterocycles. The smallest absolute Gasteiger partial charge is 0.123 e. The highest BCUT2D eigenvalue weighted by molar-refractivity contribution is 5.61. The van der Waals surface area contributed by atoms with Gasteiger partial charge in [-0.25, -0.2) is 4.98 Å². The minimum atomic E-state index is 0.704. The molecule has 3 aromatic rings. The van der Waals surface area contributed by atoms with Gasteiger partial charge in [-0.1, -0.05) is 30.3 Å². The predicted octanol–water partition coefficient (Wildman–Crippen LogP) is 3.49. The molecule has 0 saturated heterocycles. The number of benzene rings is 2. The Kier molecular flexibility index (Phi) is 3.87. The lowest BCUT2D eigenvalue weighted by molar-refractivity contribution is 0.410. The van der Waals surface area contributed by atoms with Crippen molar-refractivity contribution in [3.05, 3.63) is 72.8 Å². The molecule has 21 heavy (non-hydrogen) atoms.